The molecule has 3 heteroatoms. The highest BCUT2D eigenvalue weighted by Crippen LogP contribution is 2.27. The van der Waals surface area contributed by atoms with E-state index in [-0.39, 0.29) is 6.04 Å². The molecule has 0 heterocycles. The van der Waals surface area contributed by atoms with Crippen LogP contribution in [-0.4, -0.2) is 14.2 Å². The van der Waals surface area contributed by atoms with E-state index in [4.69, 9.17) is 15.2 Å². The summed E-state index contributed by atoms with van der Waals surface area (Å²) in [5.41, 5.74) is 10.00. The van der Waals surface area contributed by atoms with Crippen molar-refractivity contribution in [1.29, 1.82) is 0 Å². The molecule has 0 aromatic heterocycles. The summed E-state index contributed by atoms with van der Waals surface area (Å²) >= 11 is 0. The van der Waals surface area contributed by atoms with Gasteiger partial charge in [-0.15, -0.1) is 0 Å². The fourth-order valence-corrected chi connectivity index (χ4v) is 2.54. The molecule has 0 spiro atoms. The minimum atomic E-state index is 0.0395. The number of methoxy groups -OCH3 is 2. The standard InChI is InChI=1S/C19H25NO2/c1-4-14-5-7-15(8-6-14)18(20)12-10-16-9-11-17(21-2)13-19(16)22-3/h5-9,11,13,18H,4,10,12,20H2,1-3H3. The lowest BCUT2D eigenvalue weighted by atomic mass is 9.98. The highest BCUT2D eigenvalue weighted by Gasteiger charge is 2.10. The van der Waals surface area contributed by atoms with Crippen LogP contribution in [-0.2, 0) is 12.8 Å². The average Bonchev–Trinajstić information content (AvgIpc) is 2.59. The van der Waals surface area contributed by atoms with Crippen molar-refractivity contribution in [2.75, 3.05) is 14.2 Å². The van der Waals surface area contributed by atoms with Crippen molar-refractivity contribution in [3.05, 3.63) is 59.2 Å². The maximum Gasteiger partial charge on any atom is 0.125 e. The van der Waals surface area contributed by atoms with Crippen molar-refractivity contribution in [2.45, 2.75) is 32.2 Å². The van der Waals surface area contributed by atoms with Gasteiger partial charge in [0, 0.05) is 12.1 Å². The van der Waals surface area contributed by atoms with Crippen molar-refractivity contribution in [2.24, 2.45) is 5.73 Å². The van der Waals surface area contributed by atoms with Crippen LogP contribution in [0.25, 0.3) is 0 Å². The fraction of sp³-hybridized carbons (Fsp3) is 0.368. The third-order valence-electron chi connectivity index (χ3n) is 4.04. The van der Waals surface area contributed by atoms with E-state index in [1.165, 1.54) is 11.1 Å². The Hall–Kier alpha value is -2.00. The van der Waals surface area contributed by atoms with Gasteiger partial charge in [0.15, 0.2) is 0 Å². The largest absolute Gasteiger partial charge is 0.497 e. The van der Waals surface area contributed by atoms with E-state index in [0.29, 0.717) is 0 Å². The number of benzene rings is 2. The molecule has 2 N–H and O–H groups in total. The minimum Gasteiger partial charge on any atom is -0.497 e. The Balaban J connectivity index is 2.02. The van der Waals surface area contributed by atoms with E-state index >= 15 is 0 Å². The quantitative estimate of drug-likeness (QED) is 0.843. The van der Waals surface area contributed by atoms with Gasteiger partial charge in [-0.25, -0.2) is 0 Å². The number of rotatable bonds is 7. The number of hydrogen-bond donors (Lipinski definition) is 1. The molecule has 118 valence electrons. The Morgan fingerprint density at radius 1 is 1.00 bits per heavy atom. The van der Waals surface area contributed by atoms with Gasteiger partial charge in [-0.1, -0.05) is 37.3 Å². The molecule has 0 radical (unpaired) electrons. The summed E-state index contributed by atoms with van der Waals surface area (Å²) in [5.74, 6) is 1.66. The molecule has 0 fully saturated rings. The molecule has 1 atom stereocenters. The van der Waals surface area contributed by atoms with Gasteiger partial charge < -0.3 is 15.2 Å². The van der Waals surface area contributed by atoms with Gasteiger partial charge in [-0.2, -0.15) is 0 Å². The van der Waals surface area contributed by atoms with Gasteiger partial charge in [0.1, 0.15) is 11.5 Å². The van der Waals surface area contributed by atoms with Crippen molar-refractivity contribution in [3.63, 3.8) is 0 Å². The number of ether oxygens (including phenoxy) is 2. The van der Waals surface area contributed by atoms with Crippen LogP contribution in [0.4, 0.5) is 0 Å². The summed E-state index contributed by atoms with van der Waals surface area (Å²) in [7, 11) is 3.34. The van der Waals surface area contributed by atoms with Crippen molar-refractivity contribution in [3.8, 4) is 11.5 Å². The number of aryl methyl sites for hydroxylation is 2. The molecule has 0 saturated heterocycles. The summed E-state index contributed by atoms with van der Waals surface area (Å²) in [6.45, 7) is 2.16. The number of nitrogens with two attached hydrogens (primary N) is 1. The van der Waals surface area contributed by atoms with Gasteiger partial charge >= 0.3 is 0 Å². The molecule has 1 unspecified atom stereocenters. The Morgan fingerprint density at radius 2 is 1.73 bits per heavy atom. The highest BCUT2D eigenvalue weighted by atomic mass is 16.5. The molecular formula is C19H25NO2. The summed E-state index contributed by atoms with van der Waals surface area (Å²) in [6.07, 6.45) is 2.82. The molecule has 0 aliphatic rings. The lowest BCUT2D eigenvalue weighted by Gasteiger charge is -2.15. The Kier molecular flexibility index (Phi) is 5.84. The van der Waals surface area contributed by atoms with Crippen molar-refractivity contribution in [1.82, 2.24) is 0 Å². The van der Waals surface area contributed by atoms with E-state index in [9.17, 15) is 0 Å². The maximum atomic E-state index is 6.32. The fourth-order valence-electron chi connectivity index (χ4n) is 2.54. The van der Waals surface area contributed by atoms with Crippen LogP contribution in [0.5, 0.6) is 11.5 Å². The SMILES string of the molecule is CCc1ccc(C(N)CCc2ccc(OC)cc2OC)cc1. The second-order valence-electron chi connectivity index (χ2n) is 5.42. The second-order valence-corrected chi connectivity index (χ2v) is 5.42. The lowest BCUT2D eigenvalue weighted by molar-refractivity contribution is 0.390. The van der Waals surface area contributed by atoms with Crippen LogP contribution in [0.2, 0.25) is 0 Å². The zero-order valence-electron chi connectivity index (χ0n) is 13.6. The van der Waals surface area contributed by atoms with Crippen LogP contribution in [0.3, 0.4) is 0 Å². The van der Waals surface area contributed by atoms with Gasteiger partial charge in [-0.3, -0.25) is 0 Å². The van der Waals surface area contributed by atoms with E-state index in [1.807, 2.05) is 18.2 Å². The first-order valence-corrected chi connectivity index (χ1v) is 7.73. The second kappa shape index (κ2) is 7.85. The molecule has 2 aromatic rings. The van der Waals surface area contributed by atoms with E-state index in [0.717, 1.165) is 36.3 Å². The van der Waals surface area contributed by atoms with Crippen LogP contribution in [0.1, 0.15) is 36.1 Å². The third-order valence-corrected chi connectivity index (χ3v) is 4.04. The molecule has 2 rings (SSSR count). The molecule has 2 aromatic carbocycles. The maximum absolute atomic E-state index is 6.32. The molecule has 0 amide bonds. The molecule has 0 saturated carbocycles. The van der Waals surface area contributed by atoms with E-state index < -0.39 is 0 Å². The average molecular weight is 299 g/mol. The van der Waals surface area contributed by atoms with Crippen LogP contribution in [0.15, 0.2) is 42.5 Å². The summed E-state index contributed by atoms with van der Waals surface area (Å²) < 4.78 is 10.7. The first-order valence-electron chi connectivity index (χ1n) is 7.73. The van der Waals surface area contributed by atoms with Crippen molar-refractivity contribution >= 4 is 0 Å². The predicted octanol–water partition coefficient (Wildman–Crippen LogP) is 3.90. The van der Waals surface area contributed by atoms with Gasteiger partial charge in [0.2, 0.25) is 0 Å². The minimum absolute atomic E-state index is 0.0395. The predicted molar refractivity (Wildman–Crippen MR) is 90.6 cm³/mol. The molecule has 22 heavy (non-hydrogen) atoms. The van der Waals surface area contributed by atoms with Gasteiger partial charge in [0.05, 0.1) is 14.2 Å². The molecule has 0 aliphatic heterocycles. The van der Waals surface area contributed by atoms with Crippen LogP contribution in [0, 0.1) is 0 Å². The summed E-state index contributed by atoms with van der Waals surface area (Å²) in [5, 5.41) is 0. The Morgan fingerprint density at radius 3 is 2.32 bits per heavy atom. The molecule has 3 nitrogen and oxygen atoms in total. The monoisotopic (exact) mass is 299 g/mol. The topological polar surface area (TPSA) is 44.5 Å². The first kappa shape index (κ1) is 16.4. The van der Waals surface area contributed by atoms with Crippen molar-refractivity contribution < 1.29 is 9.47 Å². The lowest BCUT2D eigenvalue weighted by Crippen LogP contribution is -2.11. The van der Waals surface area contributed by atoms with Crippen LogP contribution < -0.4 is 15.2 Å². The summed E-state index contributed by atoms with van der Waals surface area (Å²) in [6, 6.07) is 14.5. The highest BCUT2D eigenvalue weighted by molar-refractivity contribution is 5.41. The zero-order valence-corrected chi connectivity index (χ0v) is 13.6. The smallest absolute Gasteiger partial charge is 0.125 e. The normalized spacial score (nSPS) is 12.0. The zero-order chi connectivity index (χ0) is 15.9. The Bertz CT molecular complexity index is 593. The first-order chi connectivity index (χ1) is 10.7. The molecular weight excluding hydrogens is 274 g/mol. The third kappa shape index (κ3) is 4.01. The molecule has 0 aliphatic carbocycles. The number of hydrogen-bond acceptors (Lipinski definition) is 3. The molecule has 0 bridgehead atoms. The van der Waals surface area contributed by atoms with Gasteiger partial charge in [0.25, 0.3) is 0 Å². The summed E-state index contributed by atoms with van der Waals surface area (Å²) in [4.78, 5) is 0. The van der Waals surface area contributed by atoms with Crippen LogP contribution >= 0.6 is 0 Å². The van der Waals surface area contributed by atoms with Gasteiger partial charge in [-0.05, 0) is 42.0 Å². The van der Waals surface area contributed by atoms with E-state index in [1.54, 1.807) is 14.2 Å². The Labute approximate surface area is 133 Å². The van der Waals surface area contributed by atoms with E-state index in [2.05, 4.69) is 31.2 Å².